The Balaban J connectivity index is -0.000000110. The van der Waals surface area contributed by atoms with Gasteiger partial charge in [-0.2, -0.15) is 0 Å². The standard InChI is InChI=1S/3C4H6O6.2Tb/c3*5-1(3(7)8)2(6)4(9)10;;/h3*1-2,5-6H,(H,7,8)(H,9,10);;. The maximum atomic E-state index is 9.77. The van der Waals surface area contributed by atoms with Crippen LogP contribution in [0.4, 0.5) is 0 Å². The van der Waals surface area contributed by atoms with Crippen molar-refractivity contribution in [1.29, 1.82) is 0 Å². The molecule has 32 heavy (non-hydrogen) atoms. The van der Waals surface area contributed by atoms with E-state index in [0.717, 1.165) is 0 Å². The first-order valence-electron chi connectivity index (χ1n) is 6.85. The summed E-state index contributed by atoms with van der Waals surface area (Å²) in [5.74, 6) is -10.6. The molecule has 0 aromatic heterocycles. The number of rotatable bonds is 9. The van der Waals surface area contributed by atoms with Crippen molar-refractivity contribution in [3.63, 3.8) is 0 Å². The van der Waals surface area contributed by atoms with Crippen LogP contribution in [0.2, 0.25) is 0 Å². The Hall–Kier alpha value is -0.849. The van der Waals surface area contributed by atoms with E-state index in [1.165, 1.54) is 0 Å². The van der Waals surface area contributed by atoms with Gasteiger partial charge in [0.05, 0.1) is 0 Å². The van der Waals surface area contributed by atoms with Crippen molar-refractivity contribution >= 4 is 35.8 Å². The van der Waals surface area contributed by atoms with Gasteiger partial charge >= 0.3 is 35.8 Å². The zero-order chi connectivity index (χ0) is 24.9. The van der Waals surface area contributed by atoms with Gasteiger partial charge in [0.2, 0.25) is 0 Å². The van der Waals surface area contributed by atoms with E-state index in [-0.39, 0.29) is 77.2 Å². The molecule has 6 unspecified atom stereocenters. The molecule has 6 atom stereocenters. The average molecular weight is 768 g/mol. The molecule has 0 spiro atoms. The summed E-state index contributed by atoms with van der Waals surface area (Å²) in [6.07, 6.45) is -13.6. The minimum Gasteiger partial charge on any atom is -0.479 e. The molecule has 0 saturated heterocycles. The molecule has 0 fully saturated rings. The van der Waals surface area contributed by atoms with Crippen LogP contribution in [0, 0.1) is 77.2 Å². The largest absolute Gasteiger partial charge is 0.479 e. The second-order valence-corrected chi connectivity index (χ2v) is 4.70. The molecule has 0 aliphatic heterocycles. The first-order chi connectivity index (χ1) is 13.4. The van der Waals surface area contributed by atoms with Crippen molar-refractivity contribution in [3.8, 4) is 0 Å². The molecule has 0 aromatic carbocycles. The van der Waals surface area contributed by atoms with Crippen LogP contribution in [-0.4, -0.2) is 134 Å². The van der Waals surface area contributed by atoms with Crippen LogP contribution in [-0.2, 0) is 28.8 Å². The monoisotopic (exact) mass is 768 g/mol. The van der Waals surface area contributed by atoms with Gasteiger partial charge in [-0.05, 0) is 0 Å². The van der Waals surface area contributed by atoms with Crippen molar-refractivity contribution in [2.45, 2.75) is 36.6 Å². The molecule has 0 aliphatic rings. The molecule has 192 valence electrons. The molecule has 0 heterocycles. The van der Waals surface area contributed by atoms with Crippen LogP contribution in [0.1, 0.15) is 0 Å². The smallest absolute Gasteiger partial charge is 0.335 e. The Bertz CT molecular complexity index is 498. The maximum absolute atomic E-state index is 9.77. The number of carboxylic acid groups (broad SMARTS) is 6. The molecule has 0 aromatic rings. The second-order valence-electron chi connectivity index (χ2n) is 4.70. The molecule has 18 nitrogen and oxygen atoms in total. The summed E-state index contributed by atoms with van der Waals surface area (Å²) < 4.78 is 0. The maximum Gasteiger partial charge on any atom is 0.335 e. The van der Waals surface area contributed by atoms with Gasteiger partial charge in [-0.15, -0.1) is 0 Å². The van der Waals surface area contributed by atoms with Gasteiger partial charge in [0.1, 0.15) is 0 Å². The van der Waals surface area contributed by atoms with E-state index < -0.39 is 72.4 Å². The summed E-state index contributed by atoms with van der Waals surface area (Å²) in [5.41, 5.74) is 0. The van der Waals surface area contributed by atoms with E-state index in [4.69, 9.17) is 61.3 Å². The molecular formula is C12H18O18Tb2. The van der Waals surface area contributed by atoms with E-state index >= 15 is 0 Å². The van der Waals surface area contributed by atoms with Crippen LogP contribution < -0.4 is 0 Å². The summed E-state index contributed by atoms with van der Waals surface area (Å²) in [5, 5.41) is 97.6. The van der Waals surface area contributed by atoms with E-state index in [9.17, 15) is 28.8 Å². The first kappa shape index (κ1) is 41.4. The zero-order valence-corrected chi connectivity index (χ0v) is 19.2. The number of hydrogen-bond acceptors (Lipinski definition) is 12. The number of aliphatic carboxylic acids is 6. The van der Waals surface area contributed by atoms with Gasteiger partial charge in [-0.1, -0.05) is 0 Å². The molecule has 0 aliphatic carbocycles. The Morgan fingerprint density at radius 3 is 0.406 bits per heavy atom. The van der Waals surface area contributed by atoms with E-state index in [1.54, 1.807) is 0 Å². The predicted molar refractivity (Wildman–Crippen MR) is 81.9 cm³/mol. The molecular weight excluding hydrogens is 750 g/mol. The van der Waals surface area contributed by atoms with Gasteiger partial charge < -0.3 is 61.3 Å². The van der Waals surface area contributed by atoms with E-state index in [0.29, 0.717) is 0 Å². The van der Waals surface area contributed by atoms with Gasteiger partial charge in [-0.25, -0.2) is 28.8 Å². The molecule has 0 amide bonds. The Labute approximate surface area is 237 Å². The molecule has 0 bridgehead atoms. The van der Waals surface area contributed by atoms with E-state index in [1.807, 2.05) is 0 Å². The van der Waals surface area contributed by atoms with Crippen molar-refractivity contribution in [1.82, 2.24) is 0 Å². The Morgan fingerprint density at radius 1 is 0.312 bits per heavy atom. The zero-order valence-electron chi connectivity index (χ0n) is 14.9. The van der Waals surface area contributed by atoms with Crippen LogP contribution in [0.25, 0.3) is 0 Å². The fraction of sp³-hybridized carbons (Fsp3) is 0.500. The summed E-state index contributed by atoms with van der Waals surface area (Å²) in [4.78, 5) is 58.6. The topological polar surface area (TPSA) is 345 Å². The van der Waals surface area contributed by atoms with Gasteiger partial charge in [0.15, 0.2) is 36.6 Å². The summed E-state index contributed by atoms with van der Waals surface area (Å²) in [6, 6.07) is 0. The summed E-state index contributed by atoms with van der Waals surface area (Å²) >= 11 is 0. The van der Waals surface area contributed by atoms with Crippen molar-refractivity contribution in [3.05, 3.63) is 0 Å². The Kier molecular flexibility index (Phi) is 26.8. The van der Waals surface area contributed by atoms with Crippen LogP contribution in [0.3, 0.4) is 0 Å². The minimum atomic E-state index is -2.27. The van der Waals surface area contributed by atoms with Crippen molar-refractivity contribution in [2.24, 2.45) is 0 Å². The summed E-state index contributed by atoms with van der Waals surface area (Å²) in [7, 11) is 0. The number of hydrogen-bond donors (Lipinski definition) is 12. The number of aliphatic hydroxyl groups excluding tert-OH is 6. The van der Waals surface area contributed by atoms with Crippen LogP contribution in [0.15, 0.2) is 0 Å². The third-order valence-electron chi connectivity index (χ3n) is 2.42. The van der Waals surface area contributed by atoms with E-state index in [2.05, 4.69) is 0 Å². The molecule has 0 saturated carbocycles. The second kappa shape index (κ2) is 20.7. The average Bonchev–Trinajstić information content (AvgIpc) is 2.64. The van der Waals surface area contributed by atoms with Gasteiger partial charge in [-0.3, -0.25) is 0 Å². The number of carboxylic acids is 6. The first-order valence-corrected chi connectivity index (χ1v) is 6.85. The molecule has 2 radical (unpaired) electrons. The quantitative estimate of drug-likeness (QED) is 0.104. The summed E-state index contributed by atoms with van der Waals surface area (Å²) in [6.45, 7) is 0. The minimum absolute atomic E-state index is 0. The molecule has 0 rings (SSSR count). The molecule has 20 heteroatoms. The molecule has 12 N–H and O–H groups in total. The Morgan fingerprint density at radius 2 is 0.375 bits per heavy atom. The van der Waals surface area contributed by atoms with Crippen molar-refractivity contribution < 1.29 is 167 Å². The fourth-order valence-corrected chi connectivity index (χ4v) is 0.810. The SMILES string of the molecule is O=C(O)C(O)C(O)C(=O)O.O=C(O)C(O)C(O)C(=O)O.O=C(O)C(O)C(O)C(=O)O.[Tb].[Tb]. The predicted octanol–water partition coefficient (Wildman–Crippen LogP) is -6.37. The van der Waals surface area contributed by atoms with Gasteiger partial charge in [0, 0.05) is 77.2 Å². The fourth-order valence-electron chi connectivity index (χ4n) is 0.810. The van der Waals surface area contributed by atoms with Crippen molar-refractivity contribution in [2.75, 3.05) is 0 Å². The number of carbonyl (C=O) groups is 6. The van der Waals surface area contributed by atoms with Crippen LogP contribution in [0.5, 0.6) is 0 Å². The number of aliphatic hydroxyl groups is 6. The van der Waals surface area contributed by atoms with Crippen LogP contribution >= 0.6 is 0 Å². The third-order valence-corrected chi connectivity index (χ3v) is 2.42. The van der Waals surface area contributed by atoms with Gasteiger partial charge in [0.25, 0.3) is 0 Å². The normalized spacial score (nSPS) is 14.8. The third kappa shape index (κ3) is 18.7.